The third-order valence-electron chi connectivity index (χ3n) is 4.45. The van der Waals surface area contributed by atoms with Gasteiger partial charge in [-0.25, -0.2) is 9.97 Å². The molecule has 3 rings (SSSR count). The van der Waals surface area contributed by atoms with Crippen molar-refractivity contribution in [3.63, 3.8) is 0 Å². The molecule has 2 N–H and O–H groups in total. The van der Waals surface area contributed by atoms with Gasteiger partial charge in [0.1, 0.15) is 5.82 Å². The smallest absolute Gasteiger partial charge is 0.190 e. The van der Waals surface area contributed by atoms with Crippen molar-refractivity contribution in [2.45, 2.75) is 39.7 Å². The topological polar surface area (TPSA) is 67.1 Å². The number of aromatic nitrogens is 3. The van der Waals surface area contributed by atoms with E-state index in [0.717, 1.165) is 61.9 Å². The number of thiazole rings is 1. The zero-order valence-electron chi connectivity index (χ0n) is 16.7. The fourth-order valence-corrected chi connectivity index (χ4v) is 3.92. The fourth-order valence-electron chi connectivity index (χ4n) is 3.11. The van der Waals surface area contributed by atoms with Gasteiger partial charge in [0.25, 0.3) is 0 Å². The number of rotatable bonds is 8. The van der Waals surface area contributed by atoms with E-state index in [2.05, 4.69) is 60.7 Å². The number of hydrogen-bond donors (Lipinski definition) is 2. The Labute approximate surface area is 187 Å². The monoisotopic (exact) mass is 512 g/mol. The van der Waals surface area contributed by atoms with Gasteiger partial charge in [-0.2, -0.15) is 0 Å². The van der Waals surface area contributed by atoms with Gasteiger partial charge in [-0.3, -0.25) is 4.99 Å². The maximum atomic E-state index is 4.62. The van der Waals surface area contributed by atoms with E-state index in [4.69, 9.17) is 0 Å². The summed E-state index contributed by atoms with van der Waals surface area (Å²) in [5.41, 5.74) is 3.38. The molecule has 0 spiro atoms. The minimum absolute atomic E-state index is 0. The number of hydrogen-bond acceptors (Lipinski definition) is 4. The standard InChI is InChI=1S/C20H28N6S.HI/c1-15-14-27-19(24-15)10-6-11-22-20(21-3)23-12-7-13-26-16(2)25-17-8-4-5-9-18(17)26;/h4-5,8-9,14H,6-7,10-13H2,1-3H3,(H2,21,22,23);1H. The van der Waals surface area contributed by atoms with E-state index in [1.807, 2.05) is 20.0 Å². The highest BCUT2D eigenvalue weighted by atomic mass is 127. The van der Waals surface area contributed by atoms with E-state index in [1.54, 1.807) is 11.3 Å². The molecule has 0 unspecified atom stereocenters. The van der Waals surface area contributed by atoms with Crippen molar-refractivity contribution in [1.29, 1.82) is 0 Å². The second-order valence-corrected chi connectivity index (χ2v) is 7.51. The van der Waals surface area contributed by atoms with Crippen molar-refractivity contribution in [2.75, 3.05) is 20.1 Å². The van der Waals surface area contributed by atoms with Crippen LogP contribution in [0.1, 0.15) is 29.4 Å². The molecule has 0 fully saturated rings. The molecule has 152 valence electrons. The van der Waals surface area contributed by atoms with E-state index < -0.39 is 0 Å². The van der Waals surface area contributed by atoms with Gasteiger partial charge in [0.05, 0.1) is 16.0 Å². The Morgan fingerprint density at radius 2 is 1.86 bits per heavy atom. The number of imidazole rings is 1. The summed E-state index contributed by atoms with van der Waals surface area (Å²) in [6.45, 7) is 6.82. The van der Waals surface area contributed by atoms with Crippen LogP contribution in [0.2, 0.25) is 0 Å². The van der Waals surface area contributed by atoms with Gasteiger partial charge in [-0.1, -0.05) is 12.1 Å². The van der Waals surface area contributed by atoms with E-state index in [0.29, 0.717) is 0 Å². The summed E-state index contributed by atoms with van der Waals surface area (Å²) < 4.78 is 2.28. The molecule has 0 aliphatic heterocycles. The number of guanidine groups is 1. The molecule has 0 saturated carbocycles. The molecule has 3 aromatic rings. The van der Waals surface area contributed by atoms with Crippen molar-refractivity contribution in [1.82, 2.24) is 25.2 Å². The number of aliphatic imine (C=N–C) groups is 1. The number of halogens is 1. The van der Waals surface area contributed by atoms with Crippen LogP contribution in [0.25, 0.3) is 11.0 Å². The molecule has 0 bridgehead atoms. The maximum Gasteiger partial charge on any atom is 0.190 e. The van der Waals surface area contributed by atoms with Crippen molar-refractivity contribution in [3.05, 3.63) is 46.2 Å². The summed E-state index contributed by atoms with van der Waals surface area (Å²) in [4.78, 5) is 13.4. The van der Waals surface area contributed by atoms with Gasteiger partial charge >= 0.3 is 0 Å². The summed E-state index contributed by atoms with van der Waals surface area (Å²) in [5, 5.41) is 10.1. The highest BCUT2D eigenvalue weighted by Crippen LogP contribution is 2.15. The first kappa shape index (κ1) is 22.6. The third kappa shape index (κ3) is 6.16. The summed E-state index contributed by atoms with van der Waals surface area (Å²) in [6.07, 6.45) is 3.07. The first-order chi connectivity index (χ1) is 13.2. The predicted octanol–water partition coefficient (Wildman–Crippen LogP) is 3.92. The summed E-state index contributed by atoms with van der Waals surface area (Å²) >= 11 is 1.74. The Balaban J connectivity index is 0.00000280. The van der Waals surface area contributed by atoms with Gasteiger partial charge in [0.2, 0.25) is 0 Å². The Hall–Kier alpha value is -1.68. The summed E-state index contributed by atoms with van der Waals surface area (Å²) in [5.74, 6) is 1.92. The SMILES string of the molecule is CN=C(NCCCc1nc(C)cs1)NCCCn1c(C)nc2ccccc21.I. The highest BCUT2D eigenvalue weighted by Gasteiger charge is 2.06. The van der Waals surface area contributed by atoms with E-state index in [1.165, 1.54) is 10.5 Å². The lowest BCUT2D eigenvalue weighted by Crippen LogP contribution is -2.38. The van der Waals surface area contributed by atoms with Crippen LogP contribution in [-0.4, -0.2) is 40.6 Å². The van der Waals surface area contributed by atoms with Crippen molar-refractivity contribution in [3.8, 4) is 0 Å². The zero-order valence-corrected chi connectivity index (χ0v) is 19.9. The molecule has 0 aliphatic rings. The minimum Gasteiger partial charge on any atom is -0.356 e. The Kier molecular flexibility index (Phi) is 9.17. The van der Waals surface area contributed by atoms with Crippen molar-refractivity contribution < 1.29 is 0 Å². The van der Waals surface area contributed by atoms with Crippen LogP contribution in [-0.2, 0) is 13.0 Å². The molecule has 0 amide bonds. The van der Waals surface area contributed by atoms with Crippen LogP contribution < -0.4 is 10.6 Å². The van der Waals surface area contributed by atoms with Gasteiger partial charge in [-0.15, -0.1) is 35.3 Å². The molecule has 0 aliphatic carbocycles. The van der Waals surface area contributed by atoms with Gasteiger partial charge in [0.15, 0.2) is 5.96 Å². The average Bonchev–Trinajstić information content (AvgIpc) is 3.22. The summed E-state index contributed by atoms with van der Waals surface area (Å²) in [6, 6.07) is 8.30. The first-order valence-corrected chi connectivity index (χ1v) is 10.3. The van der Waals surface area contributed by atoms with Crippen molar-refractivity contribution >= 4 is 52.3 Å². The Bertz CT molecular complexity index is 901. The molecule has 2 heterocycles. The third-order valence-corrected chi connectivity index (χ3v) is 5.47. The molecule has 0 atom stereocenters. The molecule has 28 heavy (non-hydrogen) atoms. The molecule has 1 aromatic carbocycles. The first-order valence-electron chi connectivity index (χ1n) is 9.45. The van der Waals surface area contributed by atoms with Crippen LogP contribution >= 0.6 is 35.3 Å². The molecular weight excluding hydrogens is 483 g/mol. The van der Waals surface area contributed by atoms with Crippen molar-refractivity contribution in [2.24, 2.45) is 4.99 Å². The number of nitrogens with zero attached hydrogens (tertiary/aromatic N) is 4. The molecule has 8 heteroatoms. The molecule has 2 aromatic heterocycles. The number of nitrogens with one attached hydrogen (secondary N) is 2. The second kappa shape index (κ2) is 11.4. The lowest BCUT2D eigenvalue weighted by molar-refractivity contribution is 0.623. The fraction of sp³-hybridized carbons (Fsp3) is 0.450. The Morgan fingerprint density at radius 3 is 2.57 bits per heavy atom. The molecule has 6 nitrogen and oxygen atoms in total. The quantitative estimate of drug-likeness (QED) is 0.208. The minimum atomic E-state index is 0. The van der Waals surface area contributed by atoms with Crippen LogP contribution in [0.4, 0.5) is 0 Å². The van der Waals surface area contributed by atoms with Gasteiger partial charge < -0.3 is 15.2 Å². The largest absolute Gasteiger partial charge is 0.356 e. The van der Waals surface area contributed by atoms with Crippen LogP contribution in [0.5, 0.6) is 0 Å². The van der Waals surface area contributed by atoms with Crippen LogP contribution in [0.15, 0.2) is 34.6 Å². The number of aryl methyl sites for hydroxylation is 4. The van der Waals surface area contributed by atoms with E-state index in [-0.39, 0.29) is 24.0 Å². The zero-order chi connectivity index (χ0) is 19.1. The summed E-state index contributed by atoms with van der Waals surface area (Å²) in [7, 11) is 1.81. The van der Waals surface area contributed by atoms with Crippen LogP contribution in [0.3, 0.4) is 0 Å². The molecular formula is C20H29IN6S. The predicted molar refractivity (Wildman–Crippen MR) is 129 cm³/mol. The number of fused-ring (bicyclic) bond motifs is 1. The van der Waals surface area contributed by atoms with Gasteiger partial charge in [0, 0.05) is 44.2 Å². The highest BCUT2D eigenvalue weighted by molar-refractivity contribution is 14.0. The lowest BCUT2D eigenvalue weighted by Gasteiger charge is -2.12. The molecule has 0 saturated heterocycles. The van der Waals surface area contributed by atoms with Gasteiger partial charge in [-0.05, 0) is 38.8 Å². The van der Waals surface area contributed by atoms with Crippen LogP contribution in [0, 0.1) is 13.8 Å². The van der Waals surface area contributed by atoms with E-state index in [9.17, 15) is 0 Å². The maximum absolute atomic E-state index is 4.62. The molecule has 0 radical (unpaired) electrons. The average molecular weight is 512 g/mol. The second-order valence-electron chi connectivity index (χ2n) is 6.56. The number of para-hydroxylation sites is 2. The Morgan fingerprint density at radius 1 is 1.11 bits per heavy atom. The normalized spacial score (nSPS) is 11.5. The number of benzene rings is 1. The van der Waals surface area contributed by atoms with E-state index >= 15 is 0 Å². The lowest BCUT2D eigenvalue weighted by atomic mass is 10.3.